The lowest BCUT2D eigenvalue weighted by Crippen LogP contribution is -2.09. The molecule has 84 valence electrons. The molecule has 0 aliphatic carbocycles. The molecule has 5 nitrogen and oxygen atoms in total. The van der Waals surface area contributed by atoms with Gasteiger partial charge in [0.15, 0.2) is 0 Å². The number of hydrogen-bond acceptors (Lipinski definition) is 5. The van der Waals surface area contributed by atoms with Gasteiger partial charge in [-0.15, -0.1) is 0 Å². The maximum Gasteiger partial charge on any atom is 0.310 e. The van der Waals surface area contributed by atoms with Gasteiger partial charge in [-0.25, -0.2) is 0 Å². The molecule has 0 aliphatic rings. The highest BCUT2D eigenvalue weighted by molar-refractivity contribution is 5.75. The summed E-state index contributed by atoms with van der Waals surface area (Å²) in [6.45, 7) is 1.88. The lowest BCUT2D eigenvalue weighted by molar-refractivity contribution is -0.142. The zero-order valence-corrected chi connectivity index (χ0v) is 8.73. The van der Waals surface area contributed by atoms with Crippen LogP contribution in [0, 0.1) is 11.3 Å². The van der Waals surface area contributed by atoms with Crippen LogP contribution in [0.5, 0.6) is 11.5 Å². The monoisotopic (exact) mass is 221 g/mol. The van der Waals surface area contributed by atoms with E-state index in [1.807, 2.05) is 0 Å². The van der Waals surface area contributed by atoms with E-state index in [4.69, 9.17) is 10.00 Å². The van der Waals surface area contributed by atoms with Crippen LogP contribution < -0.4 is 0 Å². The smallest absolute Gasteiger partial charge is 0.310 e. The van der Waals surface area contributed by atoms with E-state index in [0.29, 0.717) is 0 Å². The Labute approximate surface area is 92.5 Å². The number of nitriles is 1. The van der Waals surface area contributed by atoms with Crippen LogP contribution in [0.15, 0.2) is 12.1 Å². The van der Waals surface area contributed by atoms with Gasteiger partial charge >= 0.3 is 5.97 Å². The van der Waals surface area contributed by atoms with Gasteiger partial charge in [-0.1, -0.05) is 0 Å². The molecule has 1 aromatic carbocycles. The summed E-state index contributed by atoms with van der Waals surface area (Å²) in [6, 6.07) is 4.16. The molecule has 0 heterocycles. The van der Waals surface area contributed by atoms with Gasteiger partial charge in [0, 0.05) is 5.56 Å². The molecule has 0 amide bonds. The highest BCUT2D eigenvalue weighted by atomic mass is 16.5. The summed E-state index contributed by atoms with van der Waals surface area (Å²) < 4.78 is 4.70. The molecule has 5 heteroatoms. The standard InChI is InChI=1S/C11H11NO4/c1-2-16-11(15)5-7-8(6-12)10(14)4-3-9(7)13/h3-4,13-14H,2,5H2,1H3. The minimum Gasteiger partial charge on any atom is -0.508 e. The molecule has 0 aliphatic heterocycles. The minimum absolute atomic E-state index is 0.0842. The van der Waals surface area contributed by atoms with Crippen LogP contribution in [0.25, 0.3) is 0 Å². The van der Waals surface area contributed by atoms with Gasteiger partial charge in [-0.05, 0) is 19.1 Å². The van der Waals surface area contributed by atoms with E-state index in [1.54, 1.807) is 13.0 Å². The van der Waals surface area contributed by atoms with Gasteiger partial charge in [-0.2, -0.15) is 5.26 Å². The fraction of sp³-hybridized carbons (Fsp3) is 0.273. The van der Waals surface area contributed by atoms with Crippen molar-refractivity contribution < 1.29 is 19.7 Å². The highest BCUT2D eigenvalue weighted by Gasteiger charge is 2.16. The maximum absolute atomic E-state index is 11.2. The fourth-order valence-electron chi connectivity index (χ4n) is 1.28. The van der Waals surface area contributed by atoms with Crippen molar-refractivity contribution in [3.05, 3.63) is 23.3 Å². The fourth-order valence-corrected chi connectivity index (χ4v) is 1.28. The average Bonchev–Trinajstić information content (AvgIpc) is 2.24. The van der Waals surface area contributed by atoms with Gasteiger partial charge in [-0.3, -0.25) is 4.79 Å². The van der Waals surface area contributed by atoms with Crippen LogP contribution in [-0.2, 0) is 16.0 Å². The van der Waals surface area contributed by atoms with E-state index in [2.05, 4.69) is 0 Å². The Bertz CT molecular complexity index is 448. The van der Waals surface area contributed by atoms with Gasteiger partial charge in [0.25, 0.3) is 0 Å². The third kappa shape index (κ3) is 2.42. The van der Waals surface area contributed by atoms with Crippen molar-refractivity contribution >= 4 is 5.97 Å². The summed E-state index contributed by atoms with van der Waals surface area (Å²) in [4.78, 5) is 11.2. The second kappa shape index (κ2) is 5.03. The van der Waals surface area contributed by atoms with Crippen LogP contribution in [0.3, 0.4) is 0 Å². The predicted octanol–water partition coefficient (Wildman–Crippen LogP) is 1.08. The number of phenolic OH excluding ortho intramolecular Hbond substituents is 2. The molecule has 0 spiro atoms. The Morgan fingerprint density at radius 2 is 2.06 bits per heavy atom. The van der Waals surface area contributed by atoms with E-state index in [1.165, 1.54) is 12.1 Å². The molecule has 0 atom stereocenters. The first kappa shape index (κ1) is 11.9. The van der Waals surface area contributed by atoms with Crippen molar-refractivity contribution in [1.29, 1.82) is 5.26 Å². The SMILES string of the molecule is CCOC(=O)Cc1c(O)ccc(O)c1C#N. The number of benzene rings is 1. The number of nitrogens with zero attached hydrogens (tertiary/aromatic N) is 1. The molecule has 0 saturated carbocycles. The largest absolute Gasteiger partial charge is 0.508 e. The number of ether oxygens (including phenoxy) is 1. The zero-order chi connectivity index (χ0) is 12.1. The molecule has 1 rings (SSSR count). The molecular weight excluding hydrogens is 210 g/mol. The molecule has 1 aromatic rings. The quantitative estimate of drug-likeness (QED) is 0.588. The van der Waals surface area contributed by atoms with E-state index in [9.17, 15) is 15.0 Å². The number of carbonyl (C=O) groups excluding carboxylic acids is 1. The van der Waals surface area contributed by atoms with Crippen LogP contribution in [0.4, 0.5) is 0 Å². The van der Waals surface area contributed by atoms with E-state index in [-0.39, 0.29) is 35.7 Å². The van der Waals surface area contributed by atoms with Crippen LogP contribution >= 0.6 is 0 Å². The average molecular weight is 221 g/mol. The zero-order valence-electron chi connectivity index (χ0n) is 8.73. The van der Waals surface area contributed by atoms with Crippen molar-refractivity contribution in [2.45, 2.75) is 13.3 Å². The van der Waals surface area contributed by atoms with Crippen molar-refractivity contribution in [3.63, 3.8) is 0 Å². The molecule has 0 fully saturated rings. The first-order valence-electron chi connectivity index (χ1n) is 4.69. The van der Waals surface area contributed by atoms with Crippen LogP contribution in [0.2, 0.25) is 0 Å². The topological polar surface area (TPSA) is 90.6 Å². The summed E-state index contributed by atoms with van der Waals surface area (Å²) >= 11 is 0. The second-order valence-electron chi connectivity index (χ2n) is 3.05. The Kier molecular flexibility index (Phi) is 3.72. The van der Waals surface area contributed by atoms with Crippen LogP contribution in [-0.4, -0.2) is 22.8 Å². The van der Waals surface area contributed by atoms with Crippen molar-refractivity contribution in [2.75, 3.05) is 6.61 Å². The Hall–Kier alpha value is -2.22. The Balaban J connectivity index is 3.08. The van der Waals surface area contributed by atoms with E-state index < -0.39 is 5.97 Å². The van der Waals surface area contributed by atoms with E-state index >= 15 is 0 Å². The number of esters is 1. The molecule has 0 bridgehead atoms. The number of carbonyl (C=O) groups is 1. The third-order valence-electron chi connectivity index (χ3n) is 2.00. The first-order chi connectivity index (χ1) is 7.60. The molecular formula is C11H11NO4. The molecule has 0 saturated heterocycles. The van der Waals surface area contributed by atoms with Crippen molar-refractivity contribution in [2.24, 2.45) is 0 Å². The molecule has 0 unspecified atom stereocenters. The Morgan fingerprint density at radius 3 is 2.62 bits per heavy atom. The van der Waals surface area contributed by atoms with Gasteiger partial charge in [0.2, 0.25) is 0 Å². The first-order valence-corrected chi connectivity index (χ1v) is 4.69. The van der Waals surface area contributed by atoms with Gasteiger partial charge < -0.3 is 14.9 Å². The molecule has 2 N–H and O–H groups in total. The predicted molar refractivity (Wildman–Crippen MR) is 54.8 cm³/mol. The summed E-state index contributed by atoms with van der Waals surface area (Å²) in [7, 11) is 0. The van der Waals surface area contributed by atoms with Gasteiger partial charge in [0.1, 0.15) is 23.1 Å². The lowest BCUT2D eigenvalue weighted by Gasteiger charge is -2.07. The molecule has 0 aromatic heterocycles. The van der Waals surface area contributed by atoms with E-state index in [0.717, 1.165) is 0 Å². The van der Waals surface area contributed by atoms with Crippen molar-refractivity contribution in [3.8, 4) is 17.6 Å². The summed E-state index contributed by atoms with van der Waals surface area (Å²) in [5, 5.41) is 27.7. The number of aromatic hydroxyl groups is 2. The summed E-state index contributed by atoms with van der Waals surface area (Å²) in [6.07, 6.45) is -0.239. The molecule has 0 radical (unpaired) electrons. The third-order valence-corrected chi connectivity index (χ3v) is 2.00. The number of rotatable bonds is 3. The Morgan fingerprint density at radius 1 is 1.44 bits per heavy atom. The molecule has 16 heavy (non-hydrogen) atoms. The maximum atomic E-state index is 11.2. The van der Waals surface area contributed by atoms with Crippen LogP contribution in [0.1, 0.15) is 18.1 Å². The number of phenols is 2. The summed E-state index contributed by atoms with van der Waals surface area (Å²) in [5.74, 6) is -1.03. The van der Waals surface area contributed by atoms with Crippen molar-refractivity contribution in [1.82, 2.24) is 0 Å². The second-order valence-corrected chi connectivity index (χ2v) is 3.05. The highest BCUT2D eigenvalue weighted by Crippen LogP contribution is 2.28. The van der Waals surface area contributed by atoms with Gasteiger partial charge in [0.05, 0.1) is 13.0 Å². The lowest BCUT2D eigenvalue weighted by atomic mass is 10.0. The minimum atomic E-state index is -0.556. The normalized spacial score (nSPS) is 9.50. The summed E-state index contributed by atoms with van der Waals surface area (Å²) in [5.41, 5.74) is -0.0194. The number of hydrogen-bond donors (Lipinski definition) is 2.